The molecule has 1 unspecified atom stereocenters. The molecule has 0 aromatic heterocycles. The minimum atomic E-state index is -0.356. The molecule has 1 aromatic carbocycles. The number of benzene rings is 1. The minimum Gasteiger partial charge on any atom is -0.340 e. The first-order valence-corrected chi connectivity index (χ1v) is 7.71. The van der Waals surface area contributed by atoms with E-state index in [0.29, 0.717) is 6.54 Å². The molecule has 110 valence electrons. The predicted molar refractivity (Wildman–Crippen MR) is 82.8 cm³/mol. The van der Waals surface area contributed by atoms with Gasteiger partial charge in [0.15, 0.2) is 0 Å². The highest BCUT2D eigenvalue weighted by Crippen LogP contribution is 2.28. The third-order valence-corrected chi connectivity index (χ3v) is 4.41. The van der Waals surface area contributed by atoms with Crippen LogP contribution < -0.4 is 5.32 Å². The van der Waals surface area contributed by atoms with Gasteiger partial charge < -0.3 is 10.2 Å². The van der Waals surface area contributed by atoms with Gasteiger partial charge >= 0.3 is 0 Å². The molecule has 0 saturated carbocycles. The molecule has 1 fully saturated rings. The van der Waals surface area contributed by atoms with Crippen molar-refractivity contribution in [3.05, 3.63) is 34.9 Å². The Kier molecular flexibility index (Phi) is 5.06. The van der Waals surface area contributed by atoms with E-state index in [0.717, 1.165) is 42.8 Å². The minimum absolute atomic E-state index is 0.191. The number of likely N-dealkylation sites (N-methyl/N-ethyl adjacent to an activating group) is 1. The Bertz CT molecular complexity index is 469. The van der Waals surface area contributed by atoms with Crippen LogP contribution in [0.25, 0.3) is 0 Å². The summed E-state index contributed by atoms with van der Waals surface area (Å²) in [6, 6.07) is 7.70. The van der Waals surface area contributed by atoms with E-state index in [9.17, 15) is 4.79 Å². The number of carbonyl (C=O) groups is 1. The van der Waals surface area contributed by atoms with Crippen LogP contribution in [0.1, 0.15) is 38.2 Å². The molecule has 1 N–H and O–H groups in total. The molecule has 2 rings (SSSR count). The first kappa shape index (κ1) is 15.3. The average Bonchev–Trinajstić information content (AvgIpc) is 2.90. The van der Waals surface area contributed by atoms with Crippen LogP contribution in [0.2, 0.25) is 5.02 Å². The van der Waals surface area contributed by atoms with Gasteiger partial charge in [-0.3, -0.25) is 4.79 Å². The maximum absolute atomic E-state index is 12.8. The Labute approximate surface area is 126 Å². The first-order valence-electron chi connectivity index (χ1n) is 7.33. The fourth-order valence-corrected chi connectivity index (χ4v) is 3.25. The molecule has 0 bridgehead atoms. The molecule has 3 nitrogen and oxygen atoms in total. The van der Waals surface area contributed by atoms with Gasteiger partial charge in [-0.25, -0.2) is 0 Å². The van der Waals surface area contributed by atoms with Crippen molar-refractivity contribution in [2.24, 2.45) is 0 Å². The SMILES string of the molecule is CCCC1(C(=O)N(C)Cc2ccccc2Cl)CCCN1. The molecule has 1 saturated heterocycles. The van der Waals surface area contributed by atoms with Gasteiger partial charge in [-0.05, 0) is 37.4 Å². The van der Waals surface area contributed by atoms with Crippen LogP contribution in [0.15, 0.2) is 24.3 Å². The van der Waals surface area contributed by atoms with Crippen molar-refractivity contribution >= 4 is 17.5 Å². The van der Waals surface area contributed by atoms with Gasteiger partial charge in [0.25, 0.3) is 0 Å². The lowest BCUT2D eigenvalue weighted by Crippen LogP contribution is -2.53. The van der Waals surface area contributed by atoms with E-state index in [1.165, 1.54) is 0 Å². The number of rotatable bonds is 5. The number of nitrogens with one attached hydrogen (secondary N) is 1. The summed E-state index contributed by atoms with van der Waals surface area (Å²) in [7, 11) is 1.86. The molecule has 1 aliphatic rings. The summed E-state index contributed by atoms with van der Waals surface area (Å²) in [5.74, 6) is 0.191. The van der Waals surface area contributed by atoms with E-state index in [2.05, 4.69) is 12.2 Å². The maximum atomic E-state index is 12.8. The molecule has 0 radical (unpaired) electrons. The van der Waals surface area contributed by atoms with Crippen molar-refractivity contribution in [1.82, 2.24) is 10.2 Å². The first-order chi connectivity index (χ1) is 9.59. The van der Waals surface area contributed by atoms with Gasteiger partial charge in [-0.2, -0.15) is 0 Å². The predicted octanol–water partition coefficient (Wildman–Crippen LogP) is 3.22. The summed E-state index contributed by atoms with van der Waals surface area (Å²) >= 11 is 6.17. The summed E-state index contributed by atoms with van der Waals surface area (Å²) in [5, 5.41) is 4.15. The topological polar surface area (TPSA) is 32.3 Å². The summed E-state index contributed by atoms with van der Waals surface area (Å²) in [4.78, 5) is 14.6. The molecule has 1 aromatic rings. The zero-order valence-electron chi connectivity index (χ0n) is 12.3. The average molecular weight is 295 g/mol. The Morgan fingerprint density at radius 1 is 1.45 bits per heavy atom. The molecule has 1 amide bonds. The number of hydrogen-bond acceptors (Lipinski definition) is 2. The molecule has 1 heterocycles. The smallest absolute Gasteiger partial charge is 0.242 e. The van der Waals surface area contributed by atoms with Crippen molar-refractivity contribution < 1.29 is 4.79 Å². The zero-order chi connectivity index (χ0) is 14.6. The van der Waals surface area contributed by atoms with E-state index in [-0.39, 0.29) is 11.4 Å². The molecule has 1 atom stereocenters. The van der Waals surface area contributed by atoms with Crippen molar-refractivity contribution in [3.8, 4) is 0 Å². The van der Waals surface area contributed by atoms with Crippen molar-refractivity contribution in [2.75, 3.05) is 13.6 Å². The highest BCUT2D eigenvalue weighted by Gasteiger charge is 2.41. The number of nitrogens with zero attached hydrogens (tertiary/aromatic N) is 1. The molecule has 1 aliphatic heterocycles. The highest BCUT2D eigenvalue weighted by molar-refractivity contribution is 6.31. The molecule has 0 aliphatic carbocycles. The lowest BCUT2D eigenvalue weighted by Gasteiger charge is -2.32. The Morgan fingerprint density at radius 3 is 2.80 bits per heavy atom. The second kappa shape index (κ2) is 6.59. The van der Waals surface area contributed by atoms with Gasteiger partial charge in [0.05, 0.1) is 5.54 Å². The van der Waals surface area contributed by atoms with Crippen molar-refractivity contribution in [3.63, 3.8) is 0 Å². The van der Waals surface area contributed by atoms with E-state index in [4.69, 9.17) is 11.6 Å². The number of carbonyl (C=O) groups excluding carboxylic acids is 1. The maximum Gasteiger partial charge on any atom is 0.242 e. The second-order valence-electron chi connectivity index (χ2n) is 5.62. The van der Waals surface area contributed by atoms with E-state index in [1.54, 1.807) is 4.90 Å². The van der Waals surface area contributed by atoms with Crippen LogP contribution in [-0.2, 0) is 11.3 Å². The van der Waals surface area contributed by atoms with Gasteiger partial charge in [-0.1, -0.05) is 43.1 Å². The van der Waals surface area contributed by atoms with E-state index in [1.807, 2.05) is 31.3 Å². The third kappa shape index (κ3) is 3.15. The summed E-state index contributed by atoms with van der Waals surface area (Å²) < 4.78 is 0. The fourth-order valence-electron chi connectivity index (χ4n) is 3.06. The van der Waals surface area contributed by atoms with Gasteiger partial charge in [-0.15, -0.1) is 0 Å². The summed E-state index contributed by atoms with van der Waals surface area (Å²) in [6.07, 6.45) is 3.93. The summed E-state index contributed by atoms with van der Waals surface area (Å²) in [5.41, 5.74) is 0.639. The Morgan fingerprint density at radius 2 is 2.20 bits per heavy atom. The van der Waals surface area contributed by atoms with Crippen LogP contribution in [0.4, 0.5) is 0 Å². The van der Waals surface area contributed by atoms with Crippen molar-refractivity contribution in [1.29, 1.82) is 0 Å². The Balaban J connectivity index is 2.10. The number of halogens is 1. The van der Waals surface area contributed by atoms with Gasteiger partial charge in [0, 0.05) is 18.6 Å². The van der Waals surface area contributed by atoms with Crippen molar-refractivity contribution in [2.45, 2.75) is 44.7 Å². The largest absolute Gasteiger partial charge is 0.340 e. The lowest BCUT2D eigenvalue weighted by molar-refractivity contribution is -0.137. The normalized spacial score (nSPS) is 21.9. The van der Waals surface area contributed by atoms with Gasteiger partial charge in [0.2, 0.25) is 5.91 Å². The van der Waals surface area contributed by atoms with E-state index >= 15 is 0 Å². The zero-order valence-corrected chi connectivity index (χ0v) is 13.0. The van der Waals surface area contributed by atoms with Crippen LogP contribution in [0.5, 0.6) is 0 Å². The van der Waals surface area contributed by atoms with Crippen LogP contribution >= 0.6 is 11.6 Å². The molecule has 20 heavy (non-hydrogen) atoms. The molecular formula is C16H23ClN2O. The summed E-state index contributed by atoms with van der Waals surface area (Å²) in [6.45, 7) is 3.63. The van der Waals surface area contributed by atoms with Crippen LogP contribution in [0.3, 0.4) is 0 Å². The molecule has 0 spiro atoms. The molecule has 4 heteroatoms. The van der Waals surface area contributed by atoms with Gasteiger partial charge in [0.1, 0.15) is 0 Å². The Hall–Kier alpha value is -1.06. The number of hydrogen-bond donors (Lipinski definition) is 1. The standard InChI is InChI=1S/C16H23ClN2O/c1-3-9-16(10-6-11-18-16)15(20)19(2)12-13-7-4-5-8-14(13)17/h4-5,7-8,18H,3,6,9-12H2,1-2H3. The lowest BCUT2D eigenvalue weighted by atomic mass is 9.90. The van der Waals surface area contributed by atoms with Crippen LogP contribution in [-0.4, -0.2) is 29.9 Å². The fraction of sp³-hybridized carbons (Fsp3) is 0.562. The third-order valence-electron chi connectivity index (χ3n) is 4.04. The number of amides is 1. The van der Waals surface area contributed by atoms with E-state index < -0.39 is 0 Å². The highest BCUT2D eigenvalue weighted by atomic mass is 35.5. The monoisotopic (exact) mass is 294 g/mol. The molecular weight excluding hydrogens is 272 g/mol. The quantitative estimate of drug-likeness (QED) is 0.904. The van der Waals surface area contributed by atoms with Crippen LogP contribution in [0, 0.1) is 0 Å². The second-order valence-corrected chi connectivity index (χ2v) is 6.02.